The molecule has 0 aliphatic rings. The Balaban J connectivity index is 4.14. The third kappa shape index (κ3) is 1.79. The van der Waals surface area contributed by atoms with Crippen LogP contribution in [-0.4, -0.2) is 18.5 Å². The topological polar surface area (TPSA) is 69.3 Å². The number of hydrogen-bond acceptors (Lipinski definition) is 4. The Morgan fingerprint density at radius 3 is 2.11 bits per heavy atom. The SMILES string of the molecule is COC(=N)C(C)(C)N=N. The Labute approximate surface area is 54.2 Å². The Morgan fingerprint density at radius 1 is 1.56 bits per heavy atom. The Hall–Kier alpha value is -0.930. The van der Waals surface area contributed by atoms with E-state index in [4.69, 9.17) is 10.9 Å². The maximum Gasteiger partial charge on any atom is 0.210 e. The van der Waals surface area contributed by atoms with E-state index in [0.717, 1.165) is 0 Å². The zero-order chi connectivity index (χ0) is 7.49. The number of nitrogens with one attached hydrogen (secondary N) is 2. The second kappa shape index (κ2) is 2.57. The van der Waals surface area contributed by atoms with Gasteiger partial charge in [0.25, 0.3) is 0 Å². The third-order valence-electron chi connectivity index (χ3n) is 1.04. The van der Waals surface area contributed by atoms with Crippen LogP contribution in [0.25, 0.3) is 0 Å². The number of hydrogen-bond donors (Lipinski definition) is 2. The van der Waals surface area contributed by atoms with E-state index in [1.54, 1.807) is 13.8 Å². The monoisotopic (exact) mass is 129 g/mol. The Kier molecular flexibility index (Phi) is 2.30. The quantitative estimate of drug-likeness (QED) is 0.330. The number of ether oxygens (including phenoxy) is 1. The number of rotatable bonds is 2. The Morgan fingerprint density at radius 2 is 2.00 bits per heavy atom. The van der Waals surface area contributed by atoms with Crippen LogP contribution in [0.4, 0.5) is 0 Å². The minimum atomic E-state index is -0.797. The first-order chi connectivity index (χ1) is 4.04. The van der Waals surface area contributed by atoms with E-state index in [0.29, 0.717) is 0 Å². The molecule has 0 saturated heterocycles. The van der Waals surface area contributed by atoms with Crippen LogP contribution in [0.5, 0.6) is 0 Å². The normalized spacial score (nSPS) is 10.6. The molecule has 0 saturated carbocycles. The van der Waals surface area contributed by atoms with Gasteiger partial charge in [-0.05, 0) is 13.8 Å². The summed E-state index contributed by atoms with van der Waals surface area (Å²) >= 11 is 0. The van der Waals surface area contributed by atoms with Crippen molar-refractivity contribution < 1.29 is 4.74 Å². The lowest BCUT2D eigenvalue weighted by Gasteiger charge is -2.15. The third-order valence-corrected chi connectivity index (χ3v) is 1.04. The molecule has 2 N–H and O–H groups in total. The summed E-state index contributed by atoms with van der Waals surface area (Å²) in [5, 5.41) is 10.3. The maximum atomic E-state index is 7.10. The van der Waals surface area contributed by atoms with Crippen molar-refractivity contribution >= 4 is 5.90 Å². The van der Waals surface area contributed by atoms with Crippen LogP contribution in [0.3, 0.4) is 0 Å². The molecule has 4 heteroatoms. The molecule has 0 spiro atoms. The van der Waals surface area contributed by atoms with Gasteiger partial charge >= 0.3 is 0 Å². The van der Waals surface area contributed by atoms with E-state index < -0.39 is 5.54 Å². The first-order valence-corrected chi connectivity index (χ1v) is 2.56. The van der Waals surface area contributed by atoms with Gasteiger partial charge in [-0.25, -0.2) is 5.53 Å². The molecule has 0 amide bonds. The summed E-state index contributed by atoms with van der Waals surface area (Å²) in [6, 6.07) is 0. The minimum Gasteiger partial charge on any atom is -0.483 e. The first-order valence-electron chi connectivity index (χ1n) is 2.56. The van der Waals surface area contributed by atoms with Gasteiger partial charge in [-0.1, -0.05) is 0 Å². The van der Waals surface area contributed by atoms with E-state index in [-0.39, 0.29) is 5.90 Å². The average molecular weight is 129 g/mol. The molecular weight excluding hydrogens is 118 g/mol. The predicted molar refractivity (Wildman–Crippen MR) is 34.0 cm³/mol. The molecule has 0 aromatic carbocycles. The molecule has 0 rings (SSSR count). The molecule has 0 fully saturated rings. The lowest BCUT2D eigenvalue weighted by Crippen LogP contribution is -2.29. The lowest BCUT2D eigenvalue weighted by atomic mass is 10.1. The van der Waals surface area contributed by atoms with Crippen LogP contribution in [0.2, 0.25) is 0 Å². The van der Waals surface area contributed by atoms with Crippen LogP contribution in [0.1, 0.15) is 13.8 Å². The predicted octanol–water partition coefficient (Wildman–Crippen LogP) is 1.42. The molecule has 0 aromatic rings. The molecule has 0 aliphatic carbocycles. The van der Waals surface area contributed by atoms with Crippen molar-refractivity contribution in [2.75, 3.05) is 7.11 Å². The molecule has 4 nitrogen and oxygen atoms in total. The maximum absolute atomic E-state index is 7.10. The molecule has 0 heterocycles. The van der Waals surface area contributed by atoms with Crippen LogP contribution >= 0.6 is 0 Å². The van der Waals surface area contributed by atoms with Crippen LogP contribution in [-0.2, 0) is 4.74 Å². The van der Waals surface area contributed by atoms with Crippen LogP contribution < -0.4 is 0 Å². The van der Waals surface area contributed by atoms with Crippen molar-refractivity contribution in [1.29, 1.82) is 10.9 Å². The van der Waals surface area contributed by atoms with E-state index in [1.165, 1.54) is 7.11 Å². The molecule has 52 valence electrons. The molecule has 0 radical (unpaired) electrons. The van der Waals surface area contributed by atoms with Crippen molar-refractivity contribution in [1.82, 2.24) is 0 Å². The molecule has 0 unspecified atom stereocenters. The zero-order valence-electron chi connectivity index (χ0n) is 5.86. The lowest BCUT2D eigenvalue weighted by molar-refractivity contribution is 0.352. The Bertz CT molecular complexity index is 130. The molecule has 9 heavy (non-hydrogen) atoms. The van der Waals surface area contributed by atoms with Gasteiger partial charge in [-0.2, -0.15) is 5.11 Å². The van der Waals surface area contributed by atoms with Crippen LogP contribution in [0, 0.1) is 10.9 Å². The molecular formula is C5H11N3O. The fourth-order valence-electron chi connectivity index (χ4n) is 0.301. The van der Waals surface area contributed by atoms with Crippen LogP contribution in [0.15, 0.2) is 5.11 Å². The minimum absolute atomic E-state index is 0.0116. The summed E-state index contributed by atoms with van der Waals surface area (Å²) in [7, 11) is 1.40. The number of nitrogens with zero attached hydrogens (tertiary/aromatic N) is 1. The van der Waals surface area contributed by atoms with Crippen molar-refractivity contribution in [3.63, 3.8) is 0 Å². The smallest absolute Gasteiger partial charge is 0.210 e. The summed E-state index contributed by atoms with van der Waals surface area (Å²) < 4.78 is 4.58. The average Bonchev–Trinajstić information content (AvgIpc) is 1.86. The van der Waals surface area contributed by atoms with E-state index in [1.807, 2.05) is 0 Å². The highest BCUT2D eigenvalue weighted by Crippen LogP contribution is 2.09. The first kappa shape index (κ1) is 8.07. The highest BCUT2D eigenvalue weighted by molar-refractivity contribution is 5.82. The fourth-order valence-corrected chi connectivity index (χ4v) is 0.301. The highest BCUT2D eigenvalue weighted by atomic mass is 16.5. The number of methoxy groups -OCH3 is 1. The largest absolute Gasteiger partial charge is 0.483 e. The molecule has 0 aromatic heterocycles. The van der Waals surface area contributed by atoms with Gasteiger partial charge in [0, 0.05) is 0 Å². The van der Waals surface area contributed by atoms with Crippen molar-refractivity contribution in [3.8, 4) is 0 Å². The van der Waals surface area contributed by atoms with E-state index >= 15 is 0 Å². The van der Waals surface area contributed by atoms with Crippen molar-refractivity contribution in [2.24, 2.45) is 5.11 Å². The summed E-state index contributed by atoms with van der Waals surface area (Å²) in [4.78, 5) is 0. The second-order valence-corrected chi connectivity index (χ2v) is 2.20. The standard InChI is InChI=1S/C5H11N3O/c1-5(2,8-7)4(6)9-3/h6-7H,1-3H3. The van der Waals surface area contributed by atoms with Gasteiger partial charge in [0.05, 0.1) is 7.11 Å². The van der Waals surface area contributed by atoms with Gasteiger partial charge in [0.1, 0.15) is 0 Å². The summed E-state index contributed by atoms with van der Waals surface area (Å²) in [6.07, 6.45) is 0. The highest BCUT2D eigenvalue weighted by Gasteiger charge is 2.23. The van der Waals surface area contributed by atoms with Gasteiger partial charge in [-0.15, -0.1) is 0 Å². The summed E-state index contributed by atoms with van der Waals surface area (Å²) in [5.41, 5.74) is 5.85. The molecule has 0 bridgehead atoms. The summed E-state index contributed by atoms with van der Waals surface area (Å²) in [6.45, 7) is 3.29. The summed E-state index contributed by atoms with van der Waals surface area (Å²) in [5.74, 6) is 0.0116. The van der Waals surface area contributed by atoms with Crippen molar-refractivity contribution in [2.45, 2.75) is 19.4 Å². The second-order valence-electron chi connectivity index (χ2n) is 2.20. The van der Waals surface area contributed by atoms with Gasteiger partial charge in [0.2, 0.25) is 5.90 Å². The molecule has 0 atom stereocenters. The van der Waals surface area contributed by atoms with Gasteiger partial charge < -0.3 is 4.74 Å². The van der Waals surface area contributed by atoms with Crippen molar-refractivity contribution in [3.05, 3.63) is 0 Å². The van der Waals surface area contributed by atoms with E-state index in [2.05, 4.69) is 9.85 Å². The van der Waals surface area contributed by atoms with Gasteiger partial charge in [-0.3, -0.25) is 5.41 Å². The molecule has 0 aliphatic heterocycles. The fraction of sp³-hybridized carbons (Fsp3) is 0.800. The zero-order valence-corrected chi connectivity index (χ0v) is 5.86. The van der Waals surface area contributed by atoms with Gasteiger partial charge in [0.15, 0.2) is 5.54 Å². The van der Waals surface area contributed by atoms with E-state index in [9.17, 15) is 0 Å².